The summed E-state index contributed by atoms with van der Waals surface area (Å²) in [5.74, 6) is 0.608. The third kappa shape index (κ3) is 4.34. The minimum absolute atomic E-state index is 0.217. The molecule has 0 saturated heterocycles. The van der Waals surface area contributed by atoms with Gasteiger partial charge in [0.05, 0.1) is 12.0 Å². The molecular formula is C17H18ClNO3S. The van der Waals surface area contributed by atoms with Gasteiger partial charge in [-0.2, -0.15) is 4.31 Å². The molecule has 0 aliphatic heterocycles. The van der Waals surface area contributed by atoms with Gasteiger partial charge in [-0.1, -0.05) is 29.8 Å². The number of nitrogens with zero attached hydrogens (tertiary/aromatic N) is 1. The van der Waals surface area contributed by atoms with Crippen molar-refractivity contribution in [1.29, 1.82) is 0 Å². The molecule has 2 rings (SSSR count). The topological polar surface area (TPSA) is 46.6 Å². The molecule has 0 saturated carbocycles. The first-order valence-corrected chi connectivity index (χ1v) is 8.78. The van der Waals surface area contributed by atoms with E-state index in [1.807, 2.05) is 12.1 Å². The van der Waals surface area contributed by atoms with Crippen LogP contribution in [0.15, 0.2) is 66.1 Å². The summed E-state index contributed by atoms with van der Waals surface area (Å²) in [6.45, 7) is 4.11. The van der Waals surface area contributed by atoms with E-state index in [2.05, 4.69) is 6.58 Å². The Balaban J connectivity index is 2.30. The van der Waals surface area contributed by atoms with Gasteiger partial charge in [-0.25, -0.2) is 8.42 Å². The van der Waals surface area contributed by atoms with E-state index in [0.717, 1.165) is 5.56 Å². The molecule has 0 bridgehead atoms. The van der Waals surface area contributed by atoms with E-state index < -0.39 is 10.0 Å². The molecule has 0 amide bonds. The van der Waals surface area contributed by atoms with Crippen molar-refractivity contribution in [3.63, 3.8) is 0 Å². The molecule has 0 unspecified atom stereocenters. The van der Waals surface area contributed by atoms with Crippen molar-refractivity contribution in [2.45, 2.75) is 11.4 Å². The lowest BCUT2D eigenvalue weighted by atomic mass is 10.2. The Kier molecular flexibility index (Phi) is 5.82. The molecule has 122 valence electrons. The summed E-state index contributed by atoms with van der Waals surface area (Å²) in [6, 6.07) is 13.4. The lowest BCUT2D eigenvalue weighted by molar-refractivity contribution is 0.414. The Bertz CT molecular complexity index is 755. The maximum absolute atomic E-state index is 12.8. The molecule has 23 heavy (non-hydrogen) atoms. The van der Waals surface area contributed by atoms with Crippen LogP contribution in [0.4, 0.5) is 0 Å². The molecule has 0 radical (unpaired) electrons. The van der Waals surface area contributed by atoms with Crippen molar-refractivity contribution in [2.75, 3.05) is 13.7 Å². The second-order valence-corrected chi connectivity index (χ2v) is 7.26. The van der Waals surface area contributed by atoms with Crippen molar-refractivity contribution in [3.05, 3.63) is 71.8 Å². The van der Waals surface area contributed by atoms with Gasteiger partial charge >= 0.3 is 0 Å². The van der Waals surface area contributed by atoms with Gasteiger partial charge in [-0.15, -0.1) is 6.58 Å². The van der Waals surface area contributed by atoms with Crippen molar-refractivity contribution >= 4 is 21.6 Å². The van der Waals surface area contributed by atoms with Crippen molar-refractivity contribution in [1.82, 2.24) is 4.31 Å². The Labute approximate surface area is 142 Å². The number of benzene rings is 2. The largest absolute Gasteiger partial charge is 0.497 e. The highest BCUT2D eigenvalue weighted by Crippen LogP contribution is 2.21. The number of methoxy groups -OCH3 is 1. The Morgan fingerprint density at radius 3 is 2.26 bits per heavy atom. The van der Waals surface area contributed by atoms with Gasteiger partial charge in [0.15, 0.2) is 0 Å². The SMILES string of the molecule is C=CCN(Cc1ccc(Cl)cc1)S(=O)(=O)c1ccc(OC)cc1. The van der Waals surface area contributed by atoms with Crippen LogP contribution in [0.5, 0.6) is 5.75 Å². The van der Waals surface area contributed by atoms with E-state index in [1.165, 1.54) is 23.5 Å². The predicted molar refractivity (Wildman–Crippen MR) is 92.2 cm³/mol. The number of hydrogen-bond acceptors (Lipinski definition) is 3. The molecule has 0 N–H and O–H groups in total. The van der Waals surface area contributed by atoms with E-state index in [4.69, 9.17) is 16.3 Å². The highest BCUT2D eigenvalue weighted by atomic mass is 35.5. The molecule has 2 aromatic carbocycles. The summed E-state index contributed by atoms with van der Waals surface area (Å²) in [4.78, 5) is 0.217. The van der Waals surface area contributed by atoms with Crippen LogP contribution in [0.2, 0.25) is 5.02 Å². The van der Waals surface area contributed by atoms with E-state index >= 15 is 0 Å². The Morgan fingerprint density at radius 2 is 1.74 bits per heavy atom. The van der Waals surface area contributed by atoms with Gasteiger partial charge in [-0.05, 0) is 42.0 Å². The normalized spacial score (nSPS) is 11.4. The first-order valence-electron chi connectivity index (χ1n) is 6.97. The molecule has 0 aliphatic rings. The lowest BCUT2D eigenvalue weighted by Gasteiger charge is -2.21. The van der Waals surface area contributed by atoms with Crippen LogP contribution >= 0.6 is 11.6 Å². The number of hydrogen-bond donors (Lipinski definition) is 0. The molecule has 0 heterocycles. The van der Waals surface area contributed by atoms with Gasteiger partial charge in [0, 0.05) is 18.1 Å². The molecule has 0 aromatic heterocycles. The standard InChI is InChI=1S/C17H18ClNO3S/c1-3-12-19(13-14-4-6-15(18)7-5-14)23(20,21)17-10-8-16(22-2)9-11-17/h3-11H,1,12-13H2,2H3. The maximum atomic E-state index is 12.8. The summed E-state index contributed by atoms with van der Waals surface area (Å²) < 4.78 is 32.0. The van der Waals surface area contributed by atoms with Crippen LogP contribution in [-0.4, -0.2) is 26.4 Å². The van der Waals surface area contributed by atoms with Crippen LogP contribution in [-0.2, 0) is 16.6 Å². The van der Waals surface area contributed by atoms with Crippen molar-refractivity contribution in [2.24, 2.45) is 0 Å². The van der Waals surface area contributed by atoms with E-state index in [9.17, 15) is 8.42 Å². The van der Waals surface area contributed by atoms with Gasteiger partial charge in [0.25, 0.3) is 0 Å². The minimum Gasteiger partial charge on any atom is -0.497 e. The first-order chi connectivity index (χ1) is 11.0. The average molecular weight is 352 g/mol. The van der Waals surface area contributed by atoms with Crippen LogP contribution in [0.3, 0.4) is 0 Å². The van der Waals surface area contributed by atoms with Crippen LogP contribution in [0.1, 0.15) is 5.56 Å². The van der Waals surface area contributed by atoms with E-state index in [1.54, 1.807) is 30.3 Å². The number of rotatable bonds is 7. The second kappa shape index (κ2) is 7.64. The van der Waals surface area contributed by atoms with Crippen LogP contribution in [0.25, 0.3) is 0 Å². The molecule has 0 fully saturated rings. The molecule has 0 aliphatic carbocycles. The van der Waals surface area contributed by atoms with Gasteiger partial charge in [0.1, 0.15) is 5.75 Å². The molecule has 0 spiro atoms. The first kappa shape index (κ1) is 17.5. The summed E-state index contributed by atoms with van der Waals surface area (Å²) in [5, 5.41) is 0.613. The monoisotopic (exact) mass is 351 g/mol. The Morgan fingerprint density at radius 1 is 1.13 bits per heavy atom. The summed E-state index contributed by atoms with van der Waals surface area (Å²) >= 11 is 5.86. The van der Waals surface area contributed by atoms with Gasteiger partial charge < -0.3 is 4.74 Å². The third-order valence-corrected chi connectivity index (χ3v) is 5.38. The average Bonchev–Trinajstić information content (AvgIpc) is 2.56. The highest BCUT2D eigenvalue weighted by Gasteiger charge is 2.23. The van der Waals surface area contributed by atoms with Crippen LogP contribution < -0.4 is 4.74 Å². The van der Waals surface area contributed by atoms with Gasteiger partial charge in [0.2, 0.25) is 10.0 Å². The zero-order chi connectivity index (χ0) is 16.9. The molecule has 0 atom stereocenters. The number of sulfonamides is 1. The quantitative estimate of drug-likeness (QED) is 0.714. The zero-order valence-electron chi connectivity index (χ0n) is 12.8. The smallest absolute Gasteiger partial charge is 0.243 e. The lowest BCUT2D eigenvalue weighted by Crippen LogP contribution is -2.30. The molecule has 2 aromatic rings. The van der Waals surface area contributed by atoms with Crippen molar-refractivity contribution in [3.8, 4) is 5.75 Å². The van der Waals surface area contributed by atoms with Gasteiger partial charge in [-0.3, -0.25) is 0 Å². The second-order valence-electron chi connectivity index (χ2n) is 4.89. The summed E-state index contributed by atoms with van der Waals surface area (Å²) in [6.07, 6.45) is 1.57. The maximum Gasteiger partial charge on any atom is 0.243 e. The highest BCUT2D eigenvalue weighted by molar-refractivity contribution is 7.89. The zero-order valence-corrected chi connectivity index (χ0v) is 14.3. The van der Waals surface area contributed by atoms with E-state index in [-0.39, 0.29) is 18.0 Å². The third-order valence-electron chi connectivity index (χ3n) is 3.30. The van der Waals surface area contributed by atoms with Crippen molar-refractivity contribution < 1.29 is 13.2 Å². The van der Waals surface area contributed by atoms with Crippen LogP contribution in [0, 0.1) is 0 Å². The molecular weight excluding hydrogens is 334 g/mol. The predicted octanol–water partition coefficient (Wildman–Crippen LogP) is 3.73. The fourth-order valence-corrected chi connectivity index (χ4v) is 3.61. The fraction of sp³-hybridized carbons (Fsp3) is 0.176. The van der Waals surface area contributed by atoms with E-state index in [0.29, 0.717) is 10.8 Å². The summed E-state index contributed by atoms with van der Waals surface area (Å²) in [7, 11) is -2.09. The Hall–Kier alpha value is -1.82. The fourth-order valence-electron chi connectivity index (χ4n) is 2.08. The molecule has 4 nitrogen and oxygen atoms in total. The molecule has 6 heteroatoms. The number of halogens is 1. The minimum atomic E-state index is -3.62. The number of ether oxygens (including phenoxy) is 1. The summed E-state index contributed by atoms with van der Waals surface area (Å²) in [5.41, 5.74) is 0.855.